The van der Waals surface area contributed by atoms with Crippen LogP contribution >= 0.6 is 11.3 Å². The Labute approximate surface area is 243 Å². The quantitative estimate of drug-likeness (QED) is 0.302. The monoisotopic (exact) mass is 560 g/mol. The van der Waals surface area contributed by atoms with Crippen molar-refractivity contribution in [1.82, 2.24) is 4.98 Å². The third-order valence-corrected chi connectivity index (χ3v) is 10.3. The molecule has 2 fully saturated rings. The van der Waals surface area contributed by atoms with Crippen molar-refractivity contribution in [3.63, 3.8) is 0 Å². The maximum atomic E-state index is 14.0. The number of thiazole rings is 1. The maximum absolute atomic E-state index is 14.0. The van der Waals surface area contributed by atoms with E-state index in [2.05, 4.69) is 73.1 Å². The molecule has 0 bridgehead atoms. The molecule has 1 N–H and O–H groups in total. The minimum absolute atomic E-state index is 0.0124. The molecule has 1 aromatic heterocycles. The minimum Gasteiger partial charge on any atom is -0.496 e. The third kappa shape index (κ3) is 6.60. The van der Waals surface area contributed by atoms with Crippen LogP contribution in [0, 0.1) is 18.8 Å². The van der Waals surface area contributed by atoms with Crippen LogP contribution in [-0.2, 0) is 4.79 Å². The summed E-state index contributed by atoms with van der Waals surface area (Å²) < 4.78 is 5.46. The third-order valence-electron chi connectivity index (χ3n) is 8.95. The summed E-state index contributed by atoms with van der Waals surface area (Å²) in [4.78, 5) is 21.9. The SMILES string of the molecule is COc1ccc([C@H]2CC[C@H](CN(c3cccc(-c4cnc(C(C)C)s4)c3)C(=O)[C@H]3CC[C@H](O)CC3)CC2)cc1C. The molecule has 1 amide bonds. The molecule has 6 heteroatoms. The van der Waals surface area contributed by atoms with Crippen LogP contribution in [0.2, 0.25) is 0 Å². The lowest BCUT2D eigenvalue weighted by atomic mass is 9.78. The number of carbonyl (C=O) groups excluding carboxylic acids is 1. The van der Waals surface area contributed by atoms with Crippen molar-refractivity contribution in [3.05, 3.63) is 64.8 Å². The van der Waals surface area contributed by atoms with Crippen molar-refractivity contribution in [2.75, 3.05) is 18.6 Å². The summed E-state index contributed by atoms with van der Waals surface area (Å²) in [6, 6.07) is 15.1. The first-order valence-corrected chi connectivity index (χ1v) is 15.8. The Hall–Kier alpha value is -2.70. The first-order chi connectivity index (χ1) is 19.3. The molecule has 2 aromatic carbocycles. The number of aliphatic hydroxyl groups is 1. The number of hydrogen-bond donors (Lipinski definition) is 1. The molecule has 2 aliphatic rings. The number of carbonyl (C=O) groups is 1. The molecule has 0 spiro atoms. The summed E-state index contributed by atoms with van der Waals surface area (Å²) in [7, 11) is 1.73. The van der Waals surface area contributed by atoms with Crippen molar-refractivity contribution in [3.8, 4) is 16.2 Å². The number of ether oxygens (including phenoxy) is 1. The summed E-state index contributed by atoms with van der Waals surface area (Å²) in [5.74, 6) is 2.61. The van der Waals surface area contributed by atoms with E-state index in [-0.39, 0.29) is 17.9 Å². The molecule has 0 aliphatic heterocycles. The molecule has 5 rings (SSSR count). The predicted octanol–water partition coefficient (Wildman–Crippen LogP) is 8.11. The lowest BCUT2D eigenvalue weighted by molar-refractivity contribution is -0.124. The van der Waals surface area contributed by atoms with E-state index < -0.39 is 0 Å². The van der Waals surface area contributed by atoms with Gasteiger partial charge in [0.05, 0.1) is 23.1 Å². The Balaban J connectivity index is 1.33. The van der Waals surface area contributed by atoms with Crippen LogP contribution in [0.4, 0.5) is 5.69 Å². The second-order valence-corrected chi connectivity index (χ2v) is 13.2. The predicted molar refractivity (Wildman–Crippen MR) is 164 cm³/mol. The molecule has 0 atom stereocenters. The largest absolute Gasteiger partial charge is 0.496 e. The zero-order valence-corrected chi connectivity index (χ0v) is 25.3. The van der Waals surface area contributed by atoms with Gasteiger partial charge in [-0.05, 0) is 105 Å². The maximum Gasteiger partial charge on any atom is 0.230 e. The normalized spacial score (nSPS) is 23.2. The molecule has 2 saturated carbocycles. The number of nitrogens with zero attached hydrogens (tertiary/aromatic N) is 2. The standard InChI is InChI=1S/C34H44N2O3S/c1-22(2)33-35-20-32(40-33)28-6-5-7-29(19-28)36(34(38)26-12-15-30(37)16-13-26)21-24-8-10-25(11-9-24)27-14-17-31(39-4)23(3)18-27/h5-7,14,17-20,22,24-26,30,37H,8-13,15-16,21H2,1-4H3/t24-,25-,26-,30-. The number of rotatable bonds is 8. The molecule has 5 nitrogen and oxygen atoms in total. The van der Waals surface area contributed by atoms with Crippen molar-refractivity contribution in [2.45, 2.75) is 90.1 Å². The van der Waals surface area contributed by atoms with E-state index in [0.29, 0.717) is 17.8 Å². The van der Waals surface area contributed by atoms with Crippen LogP contribution < -0.4 is 9.64 Å². The minimum atomic E-state index is -0.265. The van der Waals surface area contributed by atoms with Gasteiger partial charge in [0.25, 0.3) is 0 Å². The number of methoxy groups -OCH3 is 1. The van der Waals surface area contributed by atoms with Crippen molar-refractivity contribution in [1.29, 1.82) is 0 Å². The number of benzene rings is 2. The highest BCUT2D eigenvalue weighted by molar-refractivity contribution is 7.15. The Bertz CT molecular complexity index is 1290. The highest BCUT2D eigenvalue weighted by Crippen LogP contribution is 2.39. The first kappa shape index (κ1) is 28.8. The van der Waals surface area contributed by atoms with E-state index in [9.17, 15) is 9.90 Å². The number of aromatic nitrogens is 1. The lowest BCUT2D eigenvalue weighted by Crippen LogP contribution is -2.41. The molecule has 0 saturated heterocycles. The molecule has 1 heterocycles. The zero-order valence-electron chi connectivity index (χ0n) is 24.4. The smallest absolute Gasteiger partial charge is 0.230 e. The van der Waals surface area contributed by atoms with Gasteiger partial charge in [-0.3, -0.25) is 4.79 Å². The van der Waals surface area contributed by atoms with Crippen molar-refractivity contribution in [2.24, 2.45) is 11.8 Å². The van der Waals surface area contributed by atoms with Gasteiger partial charge in [-0.15, -0.1) is 11.3 Å². The Morgan fingerprint density at radius 1 is 1.05 bits per heavy atom. The van der Waals surface area contributed by atoms with E-state index in [1.165, 1.54) is 11.1 Å². The molecule has 0 unspecified atom stereocenters. The lowest BCUT2D eigenvalue weighted by Gasteiger charge is -2.36. The molecule has 214 valence electrons. The average Bonchev–Trinajstić information content (AvgIpc) is 3.47. The Morgan fingerprint density at radius 3 is 2.45 bits per heavy atom. The van der Waals surface area contributed by atoms with Gasteiger partial charge in [-0.25, -0.2) is 4.98 Å². The summed E-state index contributed by atoms with van der Waals surface area (Å²) in [5, 5.41) is 11.2. The van der Waals surface area contributed by atoms with Crippen LogP contribution in [0.5, 0.6) is 5.75 Å². The first-order valence-electron chi connectivity index (χ1n) is 15.0. The molecule has 3 aromatic rings. The van der Waals surface area contributed by atoms with Crippen LogP contribution in [0.25, 0.3) is 10.4 Å². The topological polar surface area (TPSA) is 62.7 Å². The molecule has 40 heavy (non-hydrogen) atoms. The van der Waals surface area contributed by atoms with E-state index in [0.717, 1.165) is 84.8 Å². The molecular weight excluding hydrogens is 516 g/mol. The van der Waals surface area contributed by atoms with Crippen LogP contribution in [0.15, 0.2) is 48.7 Å². The number of amides is 1. The Kier molecular flexibility index (Phi) is 9.27. The summed E-state index contributed by atoms with van der Waals surface area (Å²) in [6.07, 6.45) is 9.21. The van der Waals surface area contributed by atoms with Gasteiger partial charge < -0.3 is 14.7 Å². The van der Waals surface area contributed by atoms with Gasteiger partial charge in [0.15, 0.2) is 0 Å². The fraction of sp³-hybridized carbons (Fsp3) is 0.529. The fourth-order valence-electron chi connectivity index (χ4n) is 6.47. The highest BCUT2D eigenvalue weighted by atomic mass is 32.1. The molecule has 2 aliphatic carbocycles. The van der Waals surface area contributed by atoms with Crippen molar-refractivity contribution < 1.29 is 14.6 Å². The van der Waals surface area contributed by atoms with E-state index in [1.54, 1.807) is 18.4 Å². The number of hydrogen-bond acceptors (Lipinski definition) is 5. The summed E-state index contributed by atoms with van der Waals surface area (Å²) in [5.41, 5.74) is 4.71. The van der Waals surface area contributed by atoms with E-state index in [4.69, 9.17) is 4.74 Å². The molecule has 0 radical (unpaired) electrons. The summed E-state index contributed by atoms with van der Waals surface area (Å²) >= 11 is 1.74. The molecular formula is C34H44N2O3S. The second kappa shape index (κ2) is 12.9. The van der Waals surface area contributed by atoms with Gasteiger partial charge in [-0.2, -0.15) is 0 Å². The van der Waals surface area contributed by atoms with E-state index >= 15 is 0 Å². The van der Waals surface area contributed by atoms with Gasteiger partial charge in [-0.1, -0.05) is 38.1 Å². The van der Waals surface area contributed by atoms with Gasteiger partial charge in [0, 0.05) is 30.3 Å². The zero-order chi connectivity index (χ0) is 28.2. The van der Waals surface area contributed by atoms with Gasteiger partial charge in [0.2, 0.25) is 5.91 Å². The Morgan fingerprint density at radius 2 is 1.80 bits per heavy atom. The highest BCUT2D eigenvalue weighted by Gasteiger charge is 2.32. The van der Waals surface area contributed by atoms with Gasteiger partial charge >= 0.3 is 0 Å². The number of aliphatic hydroxyl groups excluding tert-OH is 1. The van der Waals surface area contributed by atoms with Crippen LogP contribution in [0.3, 0.4) is 0 Å². The van der Waals surface area contributed by atoms with Crippen LogP contribution in [0.1, 0.15) is 93.2 Å². The average molecular weight is 561 g/mol. The van der Waals surface area contributed by atoms with Gasteiger partial charge in [0.1, 0.15) is 5.75 Å². The second-order valence-electron chi connectivity index (χ2n) is 12.2. The summed E-state index contributed by atoms with van der Waals surface area (Å²) in [6.45, 7) is 7.22. The van der Waals surface area contributed by atoms with Crippen LogP contribution in [-0.4, -0.2) is 35.8 Å². The van der Waals surface area contributed by atoms with Crippen molar-refractivity contribution >= 4 is 22.9 Å². The number of anilines is 1. The van der Waals surface area contributed by atoms with E-state index in [1.807, 2.05) is 6.20 Å². The number of aryl methyl sites for hydroxylation is 1. The fourth-order valence-corrected chi connectivity index (χ4v) is 7.39.